The minimum atomic E-state index is -0.0286. The van der Waals surface area contributed by atoms with Gasteiger partial charge in [-0.1, -0.05) is 36.4 Å². The second-order valence-electron chi connectivity index (χ2n) is 7.12. The van der Waals surface area contributed by atoms with Crippen molar-refractivity contribution in [1.82, 2.24) is 4.57 Å². The van der Waals surface area contributed by atoms with E-state index in [1.54, 1.807) is 4.57 Å². The Balaban J connectivity index is 1.41. The van der Waals surface area contributed by atoms with Crippen molar-refractivity contribution in [2.45, 2.75) is 6.92 Å². The van der Waals surface area contributed by atoms with Gasteiger partial charge in [0.1, 0.15) is 12.4 Å². The maximum Gasteiger partial charge on any atom is 0.262 e. The molecule has 0 aliphatic heterocycles. The van der Waals surface area contributed by atoms with Crippen LogP contribution in [0.1, 0.15) is 16.1 Å². The van der Waals surface area contributed by atoms with E-state index in [0.29, 0.717) is 12.2 Å². The lowest BCUT2D eigenvalue weighted by molar-refractivity contribution is 0.0963. The van der Waals surface area contributed by atoms with Crippen LogP contribution < -0.4 is 9.64 Å². The third kappa shape index (κ3) is 4.02. The molecule has 1 heterocycles. The maximum absolute atomic E-state index is 13.0. The van der Waals surface area contributed by atoms with Crippen LogP contribution in [-0.4, -0.2) is 30.7 Å². The van der Waals surface area contributed by atoms with Gasteiger partial charge in [0.25, 0.3) is 5.91 Å². The molecular formula is C25H24N2O2. The highest BCUT2D eigenvalue weighted by atomic mass is 16.5. The molecular weight excluding hydrogens is 360 g/mol. The van der Waals surface area contributed by atoms with Gasteiger partial charge in [-0.05, 0) is 55.5 Å². The first-order chi connectivity index (χ1) is 14.1. The highest BCUT2D eigenvalue weighted by molar-refractivity contribution is 6.02. The van der Waals surface area contributed by atoms with Gasteiger partial charge in [-0.25, -0.2) is 0 Å². The van der Waals surface area contributed by atoms with Crippen LogP contribution in [0.4, 0.5) is 5.69 Å². The second kappa shape index (κ2) is 8.23. The first-order valence-corrected chi connectivity index (χ1v) is 9.74. The van der Waals surface area contributed by atoms with E-state index in [0.717, 1.165) is 34.6 Å². The third-order valence-corrected chi connectivity index (χ3v) is 5.09. The molecule has 1 aromatic heterocycles. The molecule has 3 aromatic carbocycles. The number of carbonyl (C=O) groups is 1. The lowest BCUT2D eigenvalue weighted by Crippen LogP contribution is -2.23. The van der Waals surface area contributed by atoms with Crippen LogP contribution in [0.25, 0.3) is 10.9 Å². The van der Waals surface area contributed by atoms with Crippen molar-refractivity contribution in [1.29, 1.82) is 0 Å². The zero-order chi connectivity index (χ0) is 20.2. The van der Waals surface area contributed by atoms with Crippen molar-refractivity contribution in [3.8, 4) is 5.75 Å². The average Bonchev–Trinajstić information content (AvgIpc) is 3.10. The van der Waals surface area contributed by atoms with Crippen molar-refractivity contribution in [2.24, 2.45) is 0 Å². The minimum Gasteiger partial charge on any atom is -0.492 e. The van der Waals surface area contributed by atoms with Crippen LogP contribution in [0.3, 0.4) is 0 Å². The summed E-state index contributed by atoms with van der Waals surface area (Å²) in [7, 11) is 2.05. The quantitative estimate of drug-likeness (QED) is 0.461. The Labute approximate surface area is 171 Å². The summed E-state index contributed by atoms with van der Waals surface area (Å²) >= 11 is 0. The third-order valence-electron chi connectivity index (χ3n) is 5.09. The number of ether oxygens (including phenoxy) is 1. The summed E-state index contributed by atoms with van der Waals surface area (Å²) in [5, 5.41) is 1.07. The number of para-hydroxylation sites is 2. The van der Waals surface area contributed by atoms with Crippen LogP contribution in [0.5, 0.6) is 5.75 Å². The lowest BCUT2D eigenvalue weighted by Gasteiger charge is -2.19. The summed E-state index contributed by atoms with van der Waals surface area (Å²) in [5.74, 6) is 0.733. The van der Waals surface area contributed by atoms with Crippen molar-refractivity contribution < 1.29 is 9.53 Å². The first-order valence-electron chi connectivity index (χ1n) is 9.74. The Hall–Kier alpha value is -3.53. The Morgan fingerprint density at radius 3 is 2.38 bits per heavy atom. The Morgan fingerprint density at radius 2 is 1.62 bits per heavy atom. The van der Waals surface area contributed by atoms with Gasteiger partial charge in [0.05, 0.1) is 12.1 Å². The molecule has 4 rings (SSSR count). The van der Waals surface area contributed by atoms with E-state index in [1.807, 2.05) is 86.8 Å². The molecule has 4 heteroatoms. The monoisotopic (exact) mass is 384 g/mol. The van der Waals surface area contributed by atoms with Gasteiger partial charge in [-0.2, -0.15) is 0 Å². The molecule has 0 saturated heterocycles. The van der Waals surface area contributed by atoms with Gasteiger partial charge in [0, 0.05) is 29.4 Å². The van der Waals surface area contributed by atoms with E-state index in [1.165, 1.54) is 0 Å². The number of rotatable bonds is 6. The van der Waals surface area contributed by atoms with Crippen LogP contribution in [0.15, 0.2) is 84.9 Å². The molecule has 0 radical (unpaired) electrons. The van der Waals surface area contributed by atoms with Crippen molar-refractivity contribution in [2.75, 3.05) is 25.1 Å². The number of fused-ring (bicyclic) bond motifs is 1. The van der Waals surface area contributed by atoms with Crippen LogP contribution >= 0.6 is 0 Å². The van der Waals surface area contributed by atoms with Crippen molar-refractivity contribution >= 4 is 22.5 Å². The van der Waals surface area contributed by atoms with E-state index < -0.39 is 0 Å². The number of benzene rings is 3. The summed E-state index contributed by atoms with van der Waals surface area (Å²) in [6, 6.07) is 27.6. The predicted molar refractivity (Wildman–Crippen MR) is 118 cm³/mol. The molecule has 0 saturated carbocycles. The fraction of sp³-hybridized carbons (Fsp3) is 0.160. The molecule has 0 aliphatic rings. The number of nitrogens with zero attached hydrogens (tertiary/aromatic N) is 2. The van der Waals surface area contributed by atoms with Gasteiger partial charge in [-0.3, -0.25) is 9.36 Å². The van der Waals surface area contributed by atoms with Gasteiger partial charge in [-0.15, -0.1) is 0 Å². The maximum atomic E-state index is 13.0. The first kappa shape index (κ1) is 18.8. The number of anilines is 1. The zero-order valence-electron chi connectivity index (χ0n) is 16.7. The number of aromatic nitrogens is 1. The molecule has 29 heavy (non-hydrogen) atoms. The molecule has 0 spiro atoms. The molecule has 4 nitrogen and oxygen atoms in total. The molecule has 0 unspecified atom stereocenters. The van der Waals surface area contributed by atoms with Crippen LogP contribution in [-0.2, 0) is 0 Å². The summed E-state index contributed by atoms with van der Waals surface area (Å²) < 4.78 is 7.62. The summed E-state index contributed by atoms with van der Waals surface area (Å²) in [4.78, 5) is 15.2. The molecule has 0 aliphatic carbocycles. The highest BCUT2D eigenvalue weighted by Crippen LogP contribution is 2.22. The van der Waals surface area contributed by atoms with Gasteiger partial charge < -0.3 is 9.64 Å². The Morgan fingerprint density at radius 1 is 0.931 bits per heavy atom. The summed E-state index contributed by atoms with van der Waals surface area (Å²) in [6.45, 7) is 3.30. The fourth-order valence-corrected chi connectivity index (χ4v) is 3.50. The number of aryl methyl sites for hydroxylation is 1. The zero-order valence-corrected chi connectivity index (χ0v) is 16.7. The Kier molecular flexibility index (Phi) is 5.34. The van der Waals surface area contributed by atoms with Crippen LogP contribution in [0.2, 0.25) is 0 Å². The van der Waals surface area contributed by atoms with Crippen LogP contribution in [0, 0.1) is 6.92 Å². The molecule has 0 atom stereocenters. The summed E-state index contributed by atoms with van der Waals surface area (Å²) in [5.41, 5.74) is 3.66. The fourth-order valence-electron chi connectivity index (χ4n) is 3.50. The standard InChI is InChI=1S/C25H24N2O2/c1-19-18-21-8-6-7-11-24(21)27(19)25(28)20-12-14-23(15-13-20)29-17-16-26(2)22-9-4-3-5-10-22/h3-15,18H,16-17H2,1-2H3. The number of likely N-dealkylation sites (N-methyl/N-ethyl adjacent to an activating group) is 1. The topological polar surface area (TPSA) is 34.5 Å². The lowest BCUT2D eigenvalue weighted by atomic mass is 10.2. The molecule has 0 N–H and O–H groups in total. The molecule has 0 bridgehead atoms. The number of hydrogen-bond donors (Lipinski definition) is 0. The van der Waals surface area contributed by atoms with E-state index in [9.17, 15) is 4.79 Å². The SMILES string of the molecule is Cc1cc2ccccc2n1C(=O)c1ccc(OCCN(C)c2ccccc2)cc1. The minimum absolute atomic E-state index is 0.0286. The van der Waals surface area contributed by atoms with Gasteiger partial charge in [0.15, 0.2) is 0 Å². The van der Waals surface area contributed by atoms with E-state index in [2.05, 4.69) is 17.0 Å². The normalized spacial score (nSPS) is 10.8. The number of hydrogen-bond acceptors (Lipinski definition) is 3. The second-order valence-corrected chi connectivity index (χ2v) is 7.12. The van der Waals surface area contributed by atoms with E-state index >= 15 is 0 Å². The summed E-state index contributed by atoms with van der Waals surface area (Å²) in [6.07, 6.45) is 0. The largest absolute Gasteiger partial charge is 0.492 e. The smallest absolute Gasteiger partial charge is 0.262 e. The number of carbonyl (C=O) groups excluding carboxylic acids is 1. The molecule has 0 fully saturated rings. The van der Waals surface area contributed by atoms with E-state index in [-0.39, 0.29) is 5.91 Å². The molecule has 146 valence electrons. The predicted octanol–water partition coefficient (Wildman–Crippen LogP) is 5.15. The van der Waals surface area contributed by atoms with Crippen molar-refractivity contribution in [3.05, 3.63) is 96.2 Å². The van der Waals surface area contributed by atoms with Gasteiger partial charge in [0.2, 0.25) is 0 Å². The highest BCUT2D eigenvalue weighted by Gasteiger charge is 2.14. The average molecular weight is 384 g/mol. The van der Waals surface area contributed by atoms with Crippen molar-refractivity contribution in [3.63, 3.8) is 0 Å². The molecule has 0 amide bonds. The van der Waals surface area contributed by atoms with E-state index in [4.69, 9.17) is 4.74 Å². The Bertz CT molecular complexity index is 1110. The molecule has 4 aromatic rings. The van der Waals surface area contributed by atoms with Gasteiger partial charge >= 0.3 is 0 Å².